The number of nitriles is 1. The van der Waals surface area contributed by atoms with Crippen molar-refractivity contribution in [2.75, 3.05) is 32.6 Å². The molecule has 0 aliphatic carbocycles. The summed E-state index contributed by atoms with van der Waals surface area (Å²) in [5, 5.41) is 14.7. The van der Waals surface area contributed by atoms with E-state index in [1.807, 2.05) is 18.2 Å². The van der Waals surface area contributed by atoms with Gasteiger partial charge in [-0.1, -0.05) is 18.2 Å². The van der Waals surface area contributed by atoms with Crippen LogP contribution in [0.5, 0.6) is 11.5 Å². The fraction of sp³-hybridized carbons (Fsp3) is 0.276. The highest BCUT2D eigenvalue weighted by molar-refractivity contribution is 6.04. The maximum atomic E-state index is 13.0. The van der Waals surface area contributed by atoms with Crippen LogP contribution in [0, 0.1) is 11.3 Å². The van der Waals surface area contributed by atoms with Crippen molar-refractivity contribution in [1.82, 2.24) is 10.2 Å². The molecule has 0 saturated heterocycles. The predicted molar refractivity (Wildman–Crippen MR) is 141 cm³/mol. The first-order valence-electron chi connectivity index (χ1n) is 12.1. The molecule has 1 heterocycles. The van der Waals surface area contributed by atoms with Crippen LogP contribution >= 0.6 is 0 Å². The molecule has 1 aliphatic heterocycles. The Bertz CT molecular complexity index is 1330. The number of rotatable bonds is 9. The highest BCUT2D eigenvalue weighted by Crippen LogP contribution is 2.27. The molecule has 8 heteroatoms. The quantitative estimate of drug-likeness (QED) is 0.459. The van der Waals surface area contributed by atoms with Gasteiger partial charge in [-0.25, -0.2) is 0 Å². The first kappa shape index (κ1) is 25.7. The van der Waals surface area contributed by atoms with Gasteiger partial charge < -0.3 is 20.1 Å². The summed E-state index contributed by atoms with van der Waals surface area (Å²) in [7, 11) is 3.06. The molecule has 0 radical (unpaired) electrons. The molecule has 0 spiro atoms. The number of methoxy groups -OCH3 is 2. The number of ether oxygens (including phenoxy) is 2. The molecular formula is C29H30N4O4. The molecule has 2 amide bonds. The maximum absolute atomic E-state index is 13.0. The van der Waals surface area contributed by atoms with Crippen LogP contribution in [0.2, 0.25) is 0 Å². The molecule has 190 valence electrons. The average Bonchev–Trinajstić information content (AvgIpc) is 2.94. The lowest BCUT2D eigenvalue weighted by Crippen LogP contribution is -2.31. The molecule has 3 aromatic carbocycles. The van der Waals surface area contributed by atoms with E-state index < -0.39 is 0 Å². The molecule has 0 saturated carbocycles. The van der Waals surface area contributed by atoms with Crippen LogP contribution in [-0.4, -0.2) is 44.0 Å². The first-order valence-corrected chi connectivity index (χ1v) is 12.1. The number of benzene rings is 3. The third-order valence-corrected chi connectivity index (χ3v) is 6.38. The maximum Gasteiger partial charge on any atom is 0.255 e. The molecule has 0 unspecified atom stereocenters. The third kappa shape index (κ3) is 6.46. The monoisotopic (exact) mass is 498 g/mol. The Labute approximate surface area is 216 Å². The second kappa shape index (κ2) is 12.1. The molecule has 0 atom stereocenters. The topological polar surface area (TPSA) is 104 Å². The number of carbonyl (C=O) groups is 2. The Morgan fingerprint density at radius 1 is 0.946 bits per heavy atom. The van der Waals surface area contributed by atoms with Crippen molar-refractivity contribution in [2.24, 2.45) is 0 Å². The van der Waals surface area contributed by atoms with E-state index in [2.05, 4.69) is 27.7 Å². The Balaban J connectivity index is 1.38. The highest BCUT2D eigenvalue weighted by atomic mass is 16.5. The fourth-order valence-electron chi connectivity index (χ4n) is 4.38. The number of fused-ring (bicyclic) bond motifs is 1. The fourth-order valence-corrected chi connectivity index (χ4v) is 4.38. The molecule has 0 aromatic heterocycles. The lowest BCUT2D eigenvalue weighted by atomic mass is 9.99. The number of hydrogen-bond acceptors (Lipinski definition) is 6. The van der Waals surface area contributed by atoms with Crippen molar-refractivity contribution in [3.8, 4) is 17.6 Å². The van der Waals surface area contributed by atoms with Gasteiger partial charge in [-0.3, -0.25) is 14.5 Å². The van der Waals surface area contributed by atoms with Crippen LogP contribution in [0.15, 0.2) is 60.7 Å². The van der Waals surface area contributed by atoms with Gasteiger partial charge in [0.15, 0.2) is 11.5 Å². The van der Waals surface area contributed by atoms with Gasteiger partial charge in [-0.2, -0.15) is 5.26 Å². The lowest BCUT2D eigenvalue weighted by molar-refractivity contribution is 0.0950. The zero-order valence-corrected chi connectivity index (χ0v) is 21.0. The van der Waals surface area contributed by atoms with Gasteiger partial charge in [-0.15, -0.1) is 0 Å². The number of amides is 2. The van der Waals surface area contributed by atoms with E-state index in [0.717, 1.165) is 37.3 Å². The summed E-state index contributed by atoms with van der Waals surface area (Å²) in [6, 6.07) is 20.4. The van der Waals surface area contributed by atoms with E-state index in [-0.39, 0.29) is 18.4 Å². The average molecular weight is 499 g/mol. The van der Waals surface area contributed by atoms with Crippen LogP contribution in [0.25, 0.3) is 0 Å². The Morgan fingerprint density at radius 2 is 1.76 bits per heavy atom. The van der Waals surface area contributed by atoms with Crippen LogP contribution in [0.4, 0.5) is 5.69 Å². The standard InChI is InChI=1S/C29H30N4O4/c1-36-26-10-8-23(17-27(26)37-2)28(34)31-18-20-5-3-6-22(15-20)29(35)32-25-9-7-21-11-14-33(13-4-12-30)19-24(21)16-25/h3,5-10,15-17H,4,11,13-14,18-19H2,1-2H3,(H,31,34)(H,32,35). The van der Waals surface area contributed by atoms with Crippen LogP contribution in [0.3, 0.4) is 0 Å². The Kier molecular flexibility index (Phi) is 8.39. The molecular weight excluding hydrogens is 468 g/mol. The van der Waals surface area contributed by atoms with Crippen LogP contribution < -0.4 is 20.1 Å². The number of nitrogens with zero attached hydrogens (tertiary/aromatic N) is 2. The molecule has 0 fully saturated rings. The summed E-state index contributed by atoms with van der Waals surface area (Å²) >= 11 is 0. The van der Waals surface area contributed by atoms with E-state index in [0.29, 0.717) is 29.0 Å². The van der Waals surface area contributed by atoms with Crippen molar-refractivity contribution >= 4 is 17.5 Å². The van der Waals surface area contributed by atoms with E-state index >= 15 is 0 Å². The molecule has 8 nitrogen and oxygen atoms in total. The van der Waals surface area contributed by atoms with Crippen molar-refractivity contribution in [2.45, 2.75) is 25.9 Å². The summed E-state index contributed by atoms with van der Waals surface area (Å²) in [5.41, 5.74) is 4.95. The molecule has 2 N–H and O–H groups in total. The van der Waals surface area contributed by atoms with Gasteiger partial charge in [0.1, 0.15) is 0 Å². The predicted octanol–water partition coefficient (Wildman–Crippen LogP) is 4.16. The zero-order chi connectivity index (χ0) is 26.2. The van der Waals surface area contributed by atoms with Gasteiger partial charge in [0.2, 0.25) is 0 Å². The zero-order valence-electron chi connectivity index (χ0n) is 21.0. The van der Waals surface area contributed by atoms with E-state index in [9.17, 15) is 9.59 Å². The molecule has 37 heavy (non-hydrogen) atoms. The Hall–Kier alpha value is -4.35. The van der Waals surface area contributed by atoms with Gasteiger partial charge in [0.05, 0.1) is 20.3 Å². The van der Waals surface area contributed by atoms with Gasteiger partial charge in [0.25, 0.3) is 11.8 Å². The third-order valence-electron chi connectivity index (χ3n) is 6.38. The van der Waals surface area contributed by atoms with Gasteiger partial charge >= 0.3 is 0 Å². The minimum absolute atomic E-state index is 0.217. The molecule has 1 aliphatic rings. The SMILES string of the molecule is COc1ccc(C(=O)NCc2cccc(C(=O)Nc3ccc4c(c3)CN(CCC#N)CC4)c2)cc1OC. The summed E-state index contributed by atoms with van der Waals surface area (Å²) in [5.74, 6) is 0.553. The summed E-state index contributed by atoms with van der Waals surface area (Å²) in [6.07, 6.45) is 1.45. The molecule has 0 bridgehead atoms. The van der Waals surface area contributed by atoms with Crippen LogP contribution in [0.1, 0.15) is 43.8 Å². The van der Waals surface area contributed by atoms with Crippen molar-refractivity contribution in [3.63, 3.8) is 0 Å². The van der Waals surface area contributed by atoms with Crippen molar-refractivity contribution in [3.05, 3.63) is 88.5 Å². The van der Waals surface area contributed by atoms with Gasteiger partial charge in [-0.05, 0) is 65.6 Å². The highest BCUT2D eigenvalue weighted by Gasteiger charge is 2.17. The summed E-state index contributed by atoms with van der Waals surface area (Å²) in [4.78, 5) is 27.9. The largest absolute Gasteiger partial charge is 0.493 e. The number of hydrogen-bond donors (Lipinski definition) is 2. The molecule has 3 aromatic rings. The number of anilines is 1. The van der Waals surface area contributed by atoms with Gasteiger partial charge in [0, 0.05) is 49.4 Å². The van der Waals surface area contributed by atoms with E-state index in [4.69, 9.17) is 14.7 Å². The van der Waals surface area contributed by atoms with Crippen LogP contribution in [-0.2, 0) is 19.5 Å². The second-order valence-corrected chi connectivity index (χ2v) is 8.82. The smallest absolute Gasteiger partial charge is 0.255 e. The Morgan fingerprint density at radius 3 is 2.54 bits per heavy atom. The minimum Gasteiger partial charge on any atom is -0.493 e. The molecule has 4 rings (SSSR count). The summed E-state index contributed by atoms with van der Waals surface area (Å²) < 4.78 is 10.5. The first-order chi connectivity index (χ1) is 18.0. The number of carbonyl (C=O) groups excluding carboxylic acids is 2. The van der Waals surface area contributed by atoms with Crippen molar-refractivity contribution < 1.29 is 19.1 Å². The summed E-state index contributed by atoms with van der Waals surface area (Å²) in [6.45, 7) is 2.74. The second-order valence-electron chi connectivity index (χ2n) is 8.82. The van der Waals surface area contributed by atoms with Crippen molar-refractivity contribution in [1.29, 1.82) is 5.26 Å². The van der Waals surface area contributed by atoms with E-state index in [1.165, 1.54) is 18.2 Å². The normalized spacial score (nSPS) is 12.7. The lowest BCUT2D eigenvalue weighted by Gasteiger charge is -2.28. The number of nitrogens with one attached hydrogen (secondary N) is 2. The van der Waals surface area contributed by atoms with E-state index in [1.54, 1.807) is 43.5 Å². The minimum atomic E-state index is -0.256.